The van der Waals surface area contributed by atoms with Gasteiger partial charge in [-0.05, 0) is 18.1 Å². The summed E-state index contributed by atoms with van der Waals surface area (Å²) in [4.78, 5) is 9.86. The van der Waals surface area contributed by atoms with Crippen LogP contribution in [0.15, 0.2) is 18.2 Å². The fraction of sp³-hybridized carbons (Fsp3) is 0.200. The zero-order valence-electron chi connectivity index (χ0n) is 8.32. The predicted octanol–water partition coefficient (Wildman–Crippen LogP) is 2.96. The van der Waals surface area contributed by atoms with E-state index in [9.17, 15) is 14.5 Å². The molecule has 1 aromatic carbocycles. The molecule has 4 nitrogen and oxygen atoms in total. The van der Waals surface area contributed by atoms with Gasteiger partial charge in [0.2, 0.25) is 0 Å². The molecule has 1 rings (SSSR count). The van der Waals surface area contributed by atoms with Gasteiger partial charge in [0, 0.05) is 11.9 Å². The summed E-state index contributed by atoms with van der Waals surface area (Å²) >= 11 is 5.45. The summed E-state index contributed by atoms with van der Waals surface area (Å²) in [7, 11) is 0. The van der Waals surface area contributed by atoms with Crippen LogP contribution in [-0.2, 0) is 0 Å². The van der Waals surface area contributed by atoms with Crippen LogP contribution in [0.2, 0.25) is 0 Å². The van der Waals surface area contributed by atoms with Crippen LogP contribution >= 0.6 is 11.6 Å². The maximum Gasteiger partial charge on any atom is 0.295 e. The topological polar surface area (TPSA) is 69.2 Å². The molecule has 0 heterocycles. The molecule has 0 bridgehead atoms. The zero-order chi connectivity index (χ0) is 12.1. The van der Waals surface area contributed by atoms with E-state index in [0.29, 0.717) is 17.9 Å². The van der Waals surface area contributed by atoms with Crippen molar-refractivity contribution >= 4 is 29.1 Å². The number of allylic oxidation sites excluding steroid dienone is 1. The number of hydrogen-bond acceptors (Lipinski definition) is 3. The van der Waals surface area contributed by atoms with Crippen molar-refractivity contribution in [3.8, 4) is 0 Å². The van der Waals surface area contributed by atoms with Crippen molar-refractivity contribution in [3.05, 3.63) is 39.7 Å². The largest absolute Gasteiger partial charge is 0.391 e. The first kappa shape index (κ1) is 12.4. The molecule has 0 fully saturated rings. The van der Waals surface area contributed by atoms with Gasteiger partial charge < -0.3 is 5.73 Å². The molecule has 0 amide bonds. The molecule has 0 saturated carbocycles. The van der Waals surface area contributed by atoms with Gasteiger partial charge in [0.25, 0.3) is 5.69 Å². The Hall–Kier alpha value is -1.62. The van der Waals surface area contributed by atoms with Crippen LogP contribution in [0.25, 0.3) is 6.08 Å². The number of nitrogens with two attached hydrogens (primary N) is 1. The molecule has 1 aromatic rings. The van der Waals surface area contributed by atoms with E-state index in [1.807, 2.05) is 0 Å². The van der Waals surface area contributed by atoms with Crippen molar-refractivity contribution in [2.24, 2.45) is 0 Å². The average Bonchev–Trinajstić information content (AvgIpc) is 2.23. The molecule has 0 unspecified atom stereocenters. The Morgan fingerprint density at radius 3 is 2.81 bits per heavy atom. The van der Waals surface area contributed by atoms with E-state index in [1.165, 1.54) is 6.07 Å². The first-order valence-corrected chi connectivity index (χ1v) is 5.05. The minimum Gasteiger partial charge on any atom is -0.391 e. The fourth-order valence-electron chi connectivity index (χ4n) is 1.15. The van der Waals surface area contributed by atoms with Crippen LogP contribution in [0.3, 0.4) is 0 Å². The number of alkyl halides is 1. The van der Waals surface area contributed by atoms with Gasteiger partial charge in [0.15, 0.2) is 5.82 Å². The smallest absolute Gasteiger partial charge is 0.295 e. The molecule has 0 aliphatic heterocycles. The van der Waals surface area contributed by atoms with Gasteiger partial charge in [-0.1, -0.05) is 12.2 Å². The van der Waals surface area contributed by atoms with E-state index >= 15 is 0 Å². The van der Waals surface area contributed by atoms with E-state index in [0.717, 1.165) is 6.07 Å². The molecule has 0 aliphatic carbocycles. The average molecular weight is 245 g/mol. The number of nitro benzene ring substituents is 1. The zero-order valence-corrected chi connectivity index (χ0v) is 9.08. The third-order valence-corrected chi connectivity index (χ3v) is 2.13. The van der Waals surface area contributed by atoms with E-state index in [2.05, 4.69) is 0 Å². The Kier molecular flexibility index (Phi) is 4.25. The molecule has 2 N–H and O–H groups in total. The summed E-state index contributed by atoms with van der Waals surface area (Å²) in [6, 6.07) is 2.37. The van der Waals surface area contributed by atoms with Crippen molar-refractivity contribution in [2.75, 3.05) is 11.6 Å². The molecule has 86 valence electrons. The Labute approximate surface area is 96.7 Å². The van der Waals surface area contributed by atoms with Gasteiger partial charge >= 0.3 is 0 Å². The monoisotopic (exact) mass is 244 g/mol. The number of hydrogen-bond donors (Lipinski definition) is 1. The fourth-order valence-corrected chi connectivity index (χ4v) is 1.28. The molecule has 0 spiro atoms. The summed E-state index contributed by atoms with van der Waals surface area (Å²) in [5.74, 6) is -0.351. The van der Waals surface area contributed by atoms with Gasteiger partial charge in [0.05, 0.1) is 4.92 Å². The van der Waals surface area contributed by atoms with E-state index in [4.69, 9.17) is 17.3 Å². The van der Waals surface area contributed by atoms with Crippen molar-refractivity contribution in [1.29, 1.82) is 0 Å². The molecule has 0 atom stereocenters. The van der Waals surface area contributed by atoms with Crippen LogP contribution in [0.5, 0.6) is 0 Å². The van der Waals surface area contributed by atoms with Gasteiger partial charge in [0.1, 0.15) is 5.69 Å². The normalized spacial score (nSPS) is 10.9. The van der Waals surface area contributed by atoms with Crippen molar-refractivity contribution in [3.63, 3.8) is 0 Å². The van der Waals surface area contributed by atoms with E-state index in [1.54, 1.807) is 12.2 Å². The quantitative estimate of drug-likeness (QED) is 0.383. The number of nitrogens with zero attached hydrogens (tertiary/aromatic N) is 1. The Bertz CT molecular complexity index is 435. The highest BCUT2D eigenvalue weighted by Gasteiger charge is 2.16. The summed E-state index contributed by atoms with van der Waals surface area (Å²) < 4.78 is 13.2. The number of nitrogen functional groups attached to an aromatic ring is 1. The SMILES string of the molecule is Nc1c(F)cc(C=CCCCl)cc1[N+](=O)[O-]. The van der Waals surface area contributed by atoms with Crippen molar-refractivity contribution < 1.29 is 9.31 Å². The standard InChI is InChI=1S/C10H10ClFN2O2/c11-4-2-1-3-7-5-8(12)10(13)9(6-7)14(15)16/h1,3,5-6H,2,4,13H2. The van der Waals surface area contributed by atoms with Gasteiger partial charge in [-0.25, -0.2) is 4.39 Å². The second-order valence-corrected chi connectivity index (χ2v) is 3.45. The highest BCUT2D eigenvalue weighted by atomic mass is 35.5. The van der Waals surface area contributed by atoms with Crippen LogP contribution in [0.1, 0.15) is 12.0 Å². The molecule has 0 aromatic heterocycles. The molecular weight excluding hydrogens is 235 g/mol. The van der Waals surface area contributed by atoms with Crippen LogP contribution in [0, 0.1) is 15.9 Å². The molecule has 0 saturated heterocycles. The number of halogens is 2. The number of rotatable bonds is 4. The minimum atomic E-state index is -0.792. The first-order valence-electron chi connectivity index (χ1n) is 4.52. The van der Waals surface area contributed by atoms with E-state index < -0.39 is 22.1 Å². The van der Waals surface area contributed by atoms with Crippen molar-refractivity contribution in [1.82, 2.24) is 0 Å². The molecule has 6 heteroatoms. The van der Waals surface area contributed by atoms with Gasteiger partial charge in [-0.2, -0.15) is 0 Å². The second kappa shape index (κ2) is 5.46. The highest BCUT2D eigenvalue weighted by Crippen LogP contribution is 2.26. The maximum absolute atomic E-state index is 13.2. The molecule has 0 aliphatic rings. The van der Waals surface area contributed by atoms with E-state index in [-0.39, 0.29) is 0 Å². The lowest BCUT2D eigenvalue weighted by atomic mass is 10.1. The third-order valence-electron chi connectivity index (χ3n) is 1.91. The Morgan fingerprint density at radius 2 is 2.25 bits per heavy atom. The summed E-state index contributed by atoms with van der Waals surface area (Å²) in [5.41, 5.74) is 4.77. The molecular formula is C10H10ClFN2O2. The number of benzene rings is 1. The Morgan fingerprint density at radius 1 is 1.56 bits per heavy atom. The third kappa shape index (κ3) is 2.93. The van der Waals surface area contributed by atoms with Crippen LogP contribution in [0.4, 0.5) is 15.8 Å². The lowest BCUT2D eigenvalue weighted by Gasteiger charge is -2.00. The van der Waals surface area contributed by atoms with Crippen molar-refractivity contribution in [2.45, 2.75) is 6.42 Å². The predicted molar refractivity (Wildman–Crippen MR) is 61.8 cm³/mol. The van der Waals surface area contributed by atoms with Gasteiger partial charge in [-0.15, -0.1) is 11.6 Å². The highest BCUT2D eigenvalue weighted by molar-refractivity contribution is 6.17. The molecule has 16 heavy (non-hydrogen) atoms. The van der Waals surface area contributed by atoms with Crippen LogP contribution in [-0.4, -0.2) is 10.8 Å². The molecule has 0 radical (unpaired) electrons. The first-order chi connectivity index (χ1) is 7.56. The van der Waals surface area contributed by atoms with Gasteiger partial charge in [-0.3, -0.25) is 10.1 Å². The number of anilines is 1. The minimum absolute atomic E-state index is 0.392. The summed E-state index contributed by atoms with van der Waals surface area (Å²) in [5, 5.41) is 10.6. The second-order valence-electron chi connectivity index (χ2n) is 3.07. The lowest BCUT2D eigenvalue weighted by Crippen LogP contribution is -1.99. The number of nitro groups is 1. The summed E-state index contributed by atoms with van der Waals surface area (Å²) in [6.45, 7) is 0. The summed E-state index contributed by atoms with van der Waals surface area (Å²) in [6.07, 6.45) is 3.89. The van der Waals surface area contributed by atoms with Crippen LogP contribution < -0.4 is 5.73 Å². The Balaban J connectivity index is 3.09. The maximum atomic E-state index is 13.2. The lowest BCUT2D eigenvalue weighted by molar-refractivity contribution is -0.384.